The number of aromatic nitrogens is 4. The van der Waals surface area contributed by atoms with Crippen LogP contribution in [0.3, 0.4) is 0 Å². The van der Waals surface area contributed by atoms with Crippen molar-refractivity contribution in [2.75, 3.05) is 18.0 Å². The molecule has 6 nitrogen and oxygen atoms in total. The monoisotopic (exact) mass is 233 g/mol. The smallest absolute Gasteiger partial charge is 0.283 e. The average Bonchev–Trinajstić information content (AvgIpc) is 2.86. The fourth-order valence-corrected chi connectivity index (χ4v) is 2.29. The molecule has 0 fully saturated rings. The van der Waals surface area contributed by atoms with Gasteiger partial charge in [-0.25, -0.2) is 4.98 Å². The molecule has 0 radical (unpaired) electrons. The summed E-state index contributed by atoms with van der Waals surface area (Å²) in [5.74, 6) is 1.32. The second-order valence-electron chi connectivity index (χ2n) is 4.81. The van der Waals surface area contributed by atoms with Crippen LogP contribution in [0.1, 0.15) is 13.8 Å². The number of nitrogens with zero attached hydrogens (tertiary/aromatic N) is 4. The van der Waals surface area contributed by atoms with Gasteiger partial charge < -0.3 is 9.88 Å². The Balaban J connectivity index is 2.14. The van der Waals surface area contributed by atoms with Crippen molar-refractivity contribution in [3.8, 4) is 0 Å². The molecule has 0 spiro atoms. The maximum Gasteiger partial charge on any atom is 0.283 e. The number of hydrogen-bond donors (Lipinski definition) is 1. The first-order valence-corrected chi connectivity index (χ1v) is 5.85. The third kappa shape index (κ3) is 1.51. The molecule has 0 bridgehead atoms. The van der Waals surface area contributed by atoms with Crippen molar-refractivity contribution in [2.45, 2.75) is 20.4 Å². The highest BCUT2D eigenvalue weighted by molar-refractivity contribution is 5.70. The van der Waals surface area contributed by atoms with Gasteiger partial charge in [0.15, 0.2) is 11.2 Å². The van der Waals surface area contributed by atoms with Crippen LogP contribution in [0.25, 0.3) is 11.2 Å². The molecule has 0 aromatic carbocycles. The number of anilines is 1. The predicted octanol–water partition coefficient (Wildman–Crippen LogP) is 0.596. The Morgan fingerprint density at radius 3 is 3.06 bits per heavy atom. The Kier molecular flexibility index (Phi) is 2.17. The largest absolute Gasteiger partial charge is 0.340 e. The molecule has 1 aliphatic rings. The molecule has 3 rings (SSSR count). The molecule has 1 aliphatic heterocycles. The number of fused-ring (bicyclic) bond motifs is 2. The van der Waals surface area contributed by atoms with Crippen molar-refractivity contribution < 1.29 is 0 Å². The third-order valence-corrected chi connectivity index (χ3v) is 2.98. The first-order chi connectivity index (χ1) is 8.16. The number of aromatic amines is 1. The summed E-state index contributed by atoms with van der Waals surface area (Å²) in [6.45, 7) is 6.81. The molecule has 0 atom stereocenters. The Labute approximate surface area is 98.3 Å². The van der Waals surface area contributed by atoms with Gasteiger partial charge >= 0.3 is 0 Å². The molecule has 0 aliphatic carbocycles. The highest BCUT2D eigenvalue weighted by atomic mass is 16.1. The molecular weight excluding hydrogens is 218 g/mol. The Morgan fingerprint density at radius 1 is 1.47 bits per heavy atom. The number of imidazole rings is 1. The van der Waals surface area contributed by atoms with Crippen LogP contribution in [0.15, 0.2) is 11.1 Å². The molecule has 17 heavy (non-hydrogen) atoms. The van der Waals surface area contributed by atoms with Gasteiger partial charge in [-0.3, -0.25) is 9.36 Å². The zero-order valence-electron chi connectivity index (χ0n) is 9.97. The highest BCUT2D eigenvalue weighted by Gasteiger charge is 2.24. The lowest BCUT2D eigenvalue weighted by atomic mass is 10.2. The van der Waals surface area contributed by atoms with E-state index in [1.54, 1.807) is 4.57 Å². The Bertz CT molecular complexity index is 612. The Hall–Kier alpha value is -1.85. The number of nitrogens with one attached hydrogen (secondary N) is 1. The van der Waals surface area contributed by atoms with Gasteiger partial charge in [0.25, 0.3) is 5.56 Å². The van der Waals surface area contributed by atoms with Crippen LogP contribution in [0.5, 0.6) is 0 Å². The average molecular weight is 233 g/mol. The minimum Gasteiger partial charge on any atom is -0.340 e. The van der Waals surface area contributed by atoms with Crippen molar-refractivity contribution in [3.05, 3.63) is 16.7 Å². The summed E-state index contributed by atoms with van der Waals surface area (Å²) in [6, 6.07) is 0. The minimum atomic E-state index is -0.0440. The van der Waals surface area contributed by atoms with Crippen LogP contribution in [-0.4, -0.2) is 32.6 Å². The summed E-state index contributed by atoms with van der Waals surface area (Å²) in [4.78, 5) is 25.7. The quantitative estimate of drug-likeness (QED) is 0.824. The van der Waals surface area contributed by atoms with E-state index in [1.165, 1.54) is 6.33 Å². The highest BCUT2D eigenvalue weighted by Crippen LogP contribution is 2.19. The summed E-state index contributed by atoms with van der Waals surface area (Å²) in [7, 11) is 0. The molecule has 0 saturated heterocycles. The van der Waals surface area contributed by atoms with E-state index in [0.717, 1.165) is 19.0 Å². The standard InChI is InChI=1S/C11H15N5O/c1-7(2)5-15-3-4-16-10(17)8-9(13-6-12-8)14-11(15)16/h6-7H,3-5H2,1-2H3,(H,12,13). The zero-order chi connectivity index (χ0) is 12.0. The molecule has 6 heteroatoms. The van der Waals surface area contributed by atoms with Crippen molar-refractivity contribution in [1.82, 2.24) is 19.5 Å². The normalized spacial score (nSPS) is 14.9. The summed E-state index contributed by atoms with van der Waals surface area (Å²) in [5.41, 5.74) is 0.967. The van der Waals surface area contributed by atoms with E-state index >= 15 is 0 Å². The molecular formula is C11H15N5O. The van der Waals surface area contributed by atoms with Gasteiger partial charge in [0.2, 0.25) is 5.95 Å². The molecule has 2 aromatic heterocycles. The maximum atomic E-state index is 12.1. The lowest BCUT2D eigenvalue weighted by Crippen LogP contribution is -2.27. The van der Waals surface area contributed by atoms with Crippen molar-refractivity contribution in [2.24, 2.45) is 5.92 Å². The fourth-order valence-electron chi connectivity index (χ4n) is 2.29. The predicted molar refractivity (Wildman–Crippen MR) is 65.2 cm³/mol. The van der Waals surface area contributed by atoms with Gasteiger partial charge in [-0.05, 0) is 5.92 Å². The molecule has 0 unspecified atom stereocenters. The van der Waals surface area contributed by atoms with Gasteiger partial charge in [0, 0.05) is 19.6 Å². The molecule has 90 valence electrons. The second-order valence-corrected chi connectivity index (χ2v) is 4.81. The number of rotatable bonds is 2. The molecule has 0 amide bonds. The van der Waals surface area contributed by atoms with Crippen molar-refractivity contribution in [1.29, 1.82) is 0 Å². The molecule has 3 heterocycles. The van der Waals surface area contributed by atoms with E-state index in [1.807, 2.05) is 0 Å². The number of hydrogen-bond acceptors (Lipinski definition) is 4. The van der Waals surface area contributed by atoms with Crippen LogP contribution in [-0.2, 0) is 6.54 Å². The second kappa shape index (κ2) is 3.58. The van der Waals surface area contributed by atoms with Crippen LogP contribution in [0.4, 0.5) is 5.95 Å². The summed E-state index contributed by atoms with van der Waals surface area (Å²) < 4.78 is 1.71. The first kappa shape index (κ1) is 10.3. The van der Waals surface area contributed by atoms with Gasteiger partial charge in [-0.2, -0.15) is 4.98 Å². The number of H-pyrrole nitrogens is 1. The van der Waals surface area contributed by atoms with E-state index < -0.39 is 0 Å². The van der Waals surface area contributed by atoms with E-state index in [0.29, 0.717) is 23.6 Å². The van der Waals surface area contributed by atoms with Crippen LogP contribution in [0.2, 0.25) is 0 Å². The van der Waals surface area contributed by atoms with Crippen LogP contribution < -0.4 is 10.5 Å². The lowest BCUT2D eigenvalue weighted by molar-refractivity contribution is 0.618. The van der Waals surface area contributed by atoms with Gasteiger partial charge in [-0.1, -0.05) is 13.8 Å². The maximum absolute atomic E-state index is 12.1. The van der Waals surface area contributed by atoms with Crippen LogP contribution in [0, 0.1) is 5.92 Å². The van der Waals surface area contributed by atoms with Gasteiger partial charge in [0.1, 0.15) is 0 Å². The van der Waals surface area contributed by atoms with E-state index in [2.05, 4.69) is 33.7 Å². The topological polar surface area (TPSA) is 66.8 Å². The van der Waals surface area contributed by atoms with Gasteiger partial charge in [-0.15, -0.1) is 0 Å². The van der Waals surface area contributed by atoms with E-state index in [9.17, 15) is 4.79 Å². The van der Waals surface area contributed by atoms with Crippen molar-refractivity contribution in [3.63, 3.8) is 0 Å². The van der Waals surface area contributed by atoms with E-state index in [-0.39, 0.29) is 5.56 Å². The first-order valence-electron chi connectivity index (χ1n) is 5.85. The van der Waals surface area contributed by atoms with Crippen molar-refractivity contribution >= 4 is 17.1 Å². The fraction of sp³-hybridized carbons (Fsp3) is 0.545. The molecule has 0 saturated carbocycles. The molecule has 1 N–H and O–H groups in total. The summed E-state index contributed by atoms with van der Waals surface area (Å²) in [6.07, 6.45) is 1.52. The molecule has 2 aromatic rings. The SMILES string of the molecule is CC(C)CN1CCn2c1nc1[nH]cnc1c2=O. The third-order valence-electron chi connectivity index (χ3n) is 2.98. The minimum absolute atomic E-state index is 0.0440. The van der Waals surface area contributed by atoms with Gasteiger partial charge in [0.05, 0.1) is 6.33 Å². The van der Waals surface area contributed by atoms with E-state index in [4.69, 9.17) is 0 Å². The Morgan fingerprint density at radius 2 is 2.29 bits per heavy atom. The van der Waals surface area contributed by atoms with Crippen LogP contribution >= 0.6 is 0 Å². The summed E-state index contributed by atoms with van der Waals surface area (Å²) in [5, 5.41) is 0. The summed E-state index contributed by atoms with van der Waals surface area (Å²) >= 11 is 0. The zero-order valence-corrected chi connectivity index (χ0v) is 9.97. The lowest BCUT2D eigenvalue weighted by Gasteiger charge is -2.18.